The van der Waals surface area contributed by atoms with Crippen LogP contribution in [0.25, 0.3) is 0 Å². The predicted octanol–water partition coefficient (Wildman–Crippen LogP) is 3.59. The summed E-state index contributed by atoms with van der Waals surface area (Å²) in [5.41, 5.74) is 2.41. The standard InChI is InChI=1S/C19H21N3O2S/c1-25-15-7-4-6-14(12-15)21-18(23)13-20-16-8-2-3-9-17(16)22-11-5-10-19(22)24/h2-4,6-9,12,20H,5,10-11,13H2,1H3,(H,21,23). The first-order valence-corrected chi connectivity index (χ1v) is 9.47. The van der Waals surface area contributed by atoms with Crippen LogP contribution in [-0.2, 0) is 9.59 Å². The van der Waals surface area contributed by atoms with Crippen molar-refractivity contribution in [3.05, 3.63) is 48.5 Å². The molecule has 2 aromatic rings. The molecule has 1 aliphatic heterocycles. The van der Waals surface area contributed by atoms with Crippen LogP contribution in [0.15, 0.2) is 53.4 Å². The topological polar surface area (TPSA) is 61.4 Å². The van der Waals surface area contributed by atoms with Crippen LogP contribution in [-0.4, -0.2) is 31.2 Å². The van der Waals surface area contributed by atoms with Crippen molar-refractivity contribution in [2.75, 3.05) is 34.9 Å². The van der Waals surface area contributed by atoms with E-state index in [0.717, 1.165) is 34.9 Å². The molecule has 0 aromatic heterocycles. The number of anilines is 3. The van der Waals surface area contributed by atoms with Gasteiger partial charge < -0.3 is 15.5 Å². The monoisotopic (exact) mass is 355 g/mol. The molecule has 130 valence electrons. The van der Waals surface area contributed by atoms with Gasteiger partial charge >= 0.3 is 0 Å². The van der Waals surface area contributed by atoms with Crippen LogP contribution in [0.3, 0.4) is 0 Å². The summed E-state index contributed by atoms with van der Waals surface area (Å²) in [4.78, 5) is 27.1. The van der Waals surface area contributed by atoms with Gasteiger partial charge in [0.2, 0.25) is 11.8 Å². The quantitative estimate of drug-likeness (QED) is 0.778. The highest BCUT2D eigenvalue weighted by Gasteiger charge is 2.23. The average Bonchev–Trinajstić information content (AvgIpc) is 3.06. The molecule has 1 saturated heterocycles. The lowest BCUT2D eigenvalue weighted by Gasteiger charge is -2.20. The number of rotatable bonds is 6. The van der Waals surface area contributed by atoms with Gasteiger partial charge in [0.1, 0.15) is 0 Å². The Hall–Kier alpha value is -2.47. The van der Waals surface area contributed by atoms with Gasteiger partial charge in [0.15, 0.2) is 0 Å². The Morgan fingerprint density at radius 2 is 2.04 bits per heavy atom. The van der Waals surface area contributed by atoms with E-state index in [1.54, 1.807) is 16.7 Å². The van der Waals surface area contributed by atoms with Crippen molar-refractivity contribution in [1.29, 1.82) is 0 Å². The highest BCUT2D eigenvalue weighted by molar-refractivity contribution is 7.98. The van der Waals surface area contributed by atoms with Crippen molar-refractivity contribution in [1.82, 2.24) is 0 Å². The highest BCUT2D eigenvalue weighted by Crippen LogP contribution is 2.29. The Morgan fingerprint density at radius 3 is 2.80 bits per heavy atom. The molecule has 1 aliphatic rings. The zero-order valence-electron chi connectivity index (χ0n) is 14.1. The molecule has 6 heteroatoms. The molecule has 0 radical (unpaired) electrons. The molecule has 0 bridgehead atoms. The van der Waals surface area contributed by atoms with E-state index in [1.165, 1.54) is 0 Å². The normalized spacial score (nSPS) is 13.8. The van der Waals surface area contributed by atoms with Crippen molar-refractivity contribution < 1.29 is 9.59 Å². The molecule has 2 N–H and O–H groups in total. The molecule has 0 aliphatic carbocycles. The van der Waals surface area contributed by atoms with Crippen LogP contribution in [0.4, 0.5) is 17.1 Å². The van der Waals surface area contributed by atoms with Crippen molar-refractivity contribution in [3.8, 4) is 0 Å². The summed E-state index contributed by atoms with van der Waals surface area (Å²) in [6, 6.07) is 15.3. The fraction of sp³-hybridized carbons (Fsp3) is 0.263. The maximum atomic E-state index is 12.2. The van der Waals surface area contributed by atoms with Gasteiger partial charge in [-0.1, -0.05) is 18.2 Å². The lowest BCUT2D eigenvalue weighted by molar-refractivity contribution is -0.117. The van der Waals surface area contributed by atoms with E-state index in [1.807, 2.05) is 54.8 Å². The fourth-order valence-electron chi connectivity index (χ4n) is 2.84. The van der Waals surface area contributed by atoms with Gasteiger partial charge in [-0.3, -0.25) is 9.59 Å². The van der Waals surface area contributed by atoms with Crippen LogP contribution < -0.4 is 15.5 Å². The van der Waals surface area contributed by atoms with Crippen molar-refractivity contribution in [2.45, 2.75) is 17.7 Å². The van der Waals surface area contributed by atoms with Gasteiger partial charge in [0.05, 0.1) is 17.9 Å². The van der Waals surface area contributed by atoms with Crippen molar-refractivity contribution in [2.24, 2.45) is 0 Å². The minimum atomic E-state index is -0.124. The molecule has 25 heavy (non-hydrogen) atoms. The molecule has 1 fully saturated rings. The first kappa shape index (κ1) is 17.4. The van der Waals surface area contributed by atoms with E-state index in [9.17, 15) is 9.59 Å². The average molecular weight is 355 g/mol. The van der Waals surface area contributed by atoms with E-state index in [0.29, 0.717) is 6.42 Å². The van der Waals surface area contributed by atoms with Gasteiger partial charge in [-0.05, 0) is 43.0 Å². The molecule has 0 spiro atoms. The number of nitrogens with zero attached hydrogens (tertiary/aromatic N) is 1. The maximum Gasteiger partial charge on any atom is 0.243 e. The van der Waals surface area contributed by atoms with Gasteiger partial charge in [-0.2, -0.15) is 0 Å². The molecule has 2 amide bonds. The first-order valence-electron chi connectivity index (χ1n) is 8.24. The van der Waals surface area contributed by atoms with E-state index in [-0.39, 0.29) is 18.4 Å². The predicted molar refractivity (Wildman–Crippen MR) is 103 cm³/mol. The second-order valence-electron chi connectivity index (χ2n) is 5.80. The minimum Gasteiger partial charge on any atom is -0.374 e. The summed E-state index contributed by atoms with van der Waals surface area (Å²) < 4.78 is 0. The summed E-state index contributed by atoms with van der Waals surface area (Å²) >= 11 is 1.63. The maximum absolute atomic E-state index is 12.2. The van der Waals surface area contributed by atoms with Crippen LogP contribution >= 0.6 is 11.8 Å². The number of thioether (sulfide) groups is 1. The molecular formula is C19H21N3O2S. The Balaban J connectivity index is 1.63. The number of para-hydroxylation sites is 2. The number of nitrogens with one attached hydrogen (secondary N) is 2. The SMILES string of the molecule is CSc1cccc(NC(=O)CNc2ccccc2N2CCCC2=O)c1. The Morgan fingerprint density at radius 1 is 1.20 bits per heavy atom. The van der Waals surface area contributed by atoms with E-state index in [4.69, 9.17) is 0 Å². The van der Waals surface area contributed by atoms with Gasteiger partial charge in [0, 0.05) is 23.5 Å². The summed E-state index contributed by atoms with van der Waals surface area (Å²) in [6.45, 7) is 0.869. The summed E-state index contributed by atoms with van der Waals surface area (Å²) in [5, 5.41) is 6.04. The number of carbonyl (C=O) groups is 2. The van der Waals surface area contributed by atoms with Crippen molar-refractivity contribution >= 4 is 40.6 Å². The molecule has 2 aromatic carbocycles. The molecular weight excluding hydrogens is 334 g/mol. The zero-order chi connectivity index (χ0) is 17.6. The summed E-state index contributed by atoms with van der Waals surface area (Å²) in [6.07, 6.45) is 3.46. The number of hydrogen-bond donors (Lipinski definition) is 2. The van der Waals surface area contributed by atoms with Crippen LogP contribution in [0.2, 0.25) is 0 Å². The van der Waals surface area contributed by atoms with Gasteiger partial charge in [-0.15, -0.1) is 11.8 Å². The third kappa shape index (κ3) is 4.33. The second-order valence-corrected chi connectivity index (χ2v) is 6.68. The molecule has 5 nitrogen and oxygen atoms in total. The lowest BCUT2D eigenvalue weighted by atomic mass is 10.2. The second kappa shape index (κ2) is 8.07. The number of carbonyl (C=O) groups excluding carboxylic acids is 2. The molecule has 0 saturated carbocycles. The number of hydrogen-bond acceptors (Lipinski definition) is 4. The number of benzene rings is 2. The highest BCUT2D eigenvalue weighted by atomic mass is 32.2. The molecule has 1 heterocycles. The zero-order valence-corrected chi connectivity index (χ0v) is 14.9. The van der Waals surface area contributed by atoms with Crippen molar-refractivity contribution in [3.63, 3.8) is 0 Å². The smallest absolute Gasteiger partial charge is 0.243 e. The minimum absolute atomic E-state index is 0.124. The van der Waals surface area contributed by atoms with E-state index < -0.39 is 0 Å². The molecule has 0 atom stereocenters. The van der Waals surface area contributed by atoms with Gasteiger partial charge in [-0.25, -0.2) is 0 Å². The van der Waals surface area contributed by atoms with E-state index in [2.05, 4.69) is 10.6 Å². The fourth-order valence-corrected chi connectivity index (χ4v) is 3.30. The summed E-state index contributed by atoms with van der Waals surface area (Å²) in [5.74, 6) is 0.00777. The van der Waals surface area contributed by atoms with Gasteiger partial charge in [0.25, 0.3) is 0 Å². The largest absolute Gasteiger partial charge is 0.374 e. The third-order valence-electron chi connectivity index (χ3n) is 4.06. The van der Waals surface area contributed by atoms with Crippen LogP contribution in [0.1, 0.15) is 12.8 Å². The Labute approximate surface area is 151 Å². The van der Waals surface area contributed by atoms with Crippen LogP contribution in [0, 0.1) is 0 Å². The van der Waals surface area contributed by atoms with Crippen LogP contribution in [0.5, 0.6) is 0 Å². The Kier molecular flexibility index (Phi) is 5.60. The molecule has 3 rings (SSSR count). The summed E-state index contributed by atoms with van der Waals surface area (Å²) in [7, 11) is 0. The lowest BCUT2D eigenvalue weighted by Crippen LogP contribution is -2.26. The van der Waals surface area contributed by atoms with E-state index >= 15 is 0 Å². The third-order valence-corrected chi connectivity index (χ3v) is 4.79. The Bertz CT molecular complexity index is 779. The number of amides is 2. The first-order chi connectivity index (χ1) is 12.2. The molecule has 0 unspecified atom stereocenters.